The van der Waals surface area contributed by atoms with Crippen molar-refractivity contribution in [2.45, 2.75) is 101 Å². The zero-order valence-corrected chi connectivity index (χ0v) is 24.1. The highest BCUT2D eigenvalue weighted by atomic mass is 32.2. The molecule has 12 heteroatoms. The Morgan fingerprint density at radius 2 is 1.80 bits per heavy atom. The van der Waals surface area contributed by atoms with Gasteiger partial charge in [-0.15, -0.1) is 0 Å². The van der Waals surface area contributed by atoms with Gasteiger partial charge in [-0.2, -0.15) is 8.42 Å². The number of aliphatic hydroxyl groups is 1. The van der Waals surface area contributed by atoms with E-state index < -0.39 is 51.2 Å². The average molecular weight is 582 g/mol. The van der Waals surface area contributed by atoms with Gasteiger partial charge in [0.1, 0.15) is 11.6 Å². The lowest BCUT2D eigenvalue weighted by molar-refractivity contribution is -0.126. The minimum Gasteiger partial charge on any atom is -0.443 e. The van der Waals surface area contributed by atoms with Crippen molar-refractivity contribution in [2.75, 3.05) is 6.54 Å². The van der Waals surface area contributed by atoms with Crippen molar-refractivity contribution in [2.24, 2.45) is 11.8 Å². The molecule has 2 aliphatic rings. The molecule has 1 saturated heterocycles. The van der Waals surface area contributed by atoms with E-state index in [9.17, 15) is 32.5 Å². The van der Waals surface area contributed by atoms with Crippen molar-refractivity contribution < 1.29 is 37.2 Å². The molecule has 3 amide bonds. The summed E-state index contributed by atoms with van der Waals surface area (Å²) in [5, 5.41) is 18.0. The number of aliphatic hydroxyl groups excluding tert-OH is 1. The van der Waals surface area contributed by atoms with Crippen LogP contribution < -0.4 is 16.0 Å². The van der Waals surface area contributed by atoms with Crippen molar-refractivity contribution in [3.05, 3.63) is 35.9 Å². The van der Waals surface area contributed by atoms with Crippen LogP contribution in [0, 0.1) is 11.8 Å². The fourth-order valence-corrected chi connectivity index (χ4v) is 6.20. The molecule has 11 nitrogen and oxygen atoms in total. The maximum Gasteiger partial charge on any atom is 0.408 e. The summed E-state index contributed by atoms with van der Waals surface area (Å²) in [4.78, 5) is 38.6. The molecule has 0 spiro atoms. The zero-order valence-electron chi connectivity index (χ0n) is 23.3. The van der Waals surface area contributed by atoms with Crippen molar-refractivity contribution in [3.63, 3.8) is 0 Å². The van der Waals surface area contributed by atoms with Crippen molar-refractivity contribution in [3.8, 4) is 0 Å². The summed E-state index contributed by atoms with van der Waals surface area (Å²) in [6.07, 6.45) is 5.45. The number of aryl methyl sites for hydroxylation is 1. The van der Waals surface area contributed by atoms with Crippen molar-refractivity contribution >= 4 is 28.0 Å². The second kappa shape index (κ2) is 14.3. The van der Waals surface area contributed by atoms with Crippen LogP contribution in [0.25, 0.3) is 0 Å². The number of benzene rings is 1. The van der Waals surface area contributed by atoms with Gasteiger partial charge in [0.05, 0.1) is 6.04 Å². The molecule has 4 atom stereocenters. The van der Waals surface area contributed by atoms with E-state index in [0.717, 1.165) is 44.1 Å². The van der Waals surface area contributed by atoms with Crippen LogP contribution in [0.2, 0.25) is 0 Å². The first-order chi connectivity index (χ1) is 18.9. The van der Waals surface area contributed by atoms with E-state index in [1.807, 2.05) is 44.2 Å². The molecular weight excluding hydrogens is 538 g/mol. The Labute approximate surface area is 236 Å². The molecule has 0 aromatic heterocycles. The van der Waals surface area contributed by atoms with Crippen LogP contribution in [0.5, 0.6) is 0 Å². The van der Waals surface area contributed by atoms with Crippen molar-refractivity contribution in [1.82, 2.24) is 16.0 Å². The average Bonchev–Trinajstić information content (AvgIpc) is 3.30. The van der Waals surface area contributed by atoms with Gasteiger partial charge in [-0.05, 0) is 69.3 Å². The van der Waals surface area contributed by atoms with Crippen LogP contribution in [0.4, 0.5) is 4.79 Å². The quantitative estimate of drug-likeness (QED) is 0.221. The fraction of sp³-hybridized carbons (Fsp3) is 0.679. The first kappa shape index (κ1) is 31.8. The van der Waals surface area contributed by atoms with E-state index in [0.29, 0.717) is 19.4 Å². The summed E-state index contributed by atoms with van der Waals surface area (Å²) in [7, 11) is -4.94. The molecule has 5 N–H and O–H groups in total. The van der Waals surface area contributed by atoms with Crippen LogP contribution in [-0.2, 0) is 30.9 Å². The number of nitrogens with one attached hydrogen (secondary N) is 3. The van der Waals surface area contributed by atoms with Crippen LogP contribution >= 0.6 is 0 Å². The summed E-state index contributed by atoms with van der Waals surface area (Å²) in [5.41, 5.74) is -1.84. The van der Waals surface area contributed by atoms with E-state index in [-0.39, 0.29) is 24.7 Å². The molecule has 224 valence electrons. The summed E-state index contributed by atoms with van der Waals surface area (Å²) in [6.45, 7) is 4.12. The summed E-state index contributed by atoms with van der Waals surface area (Å²) < 4.78 is 38.9. The SMILES string of the molecule is CC(C)C[C@H](NC(=O)OC1(CCc2ccccc2)CCCCC1)C(=O)N[C@@H](C[C@@H]1CCNC1=O)C(O)S(=O)(=O)O. The molecule has 1 heterocycles. The molecule has 1 aromatic carbocycles. The monoisotopic (exact) mass is 581 g/mol. The highest BCUT2D eigenvalue weighted by Crippen LogP contribution is 2.36. The van der Waals surface area contributed by atoms with Gasteiger partial charge in [0, 0.05) is 12.5 Å². The summed E-state index contributed by atoms with van der Waals surface area (Å²) >= 11 is 0. The molecule has 0 radical (unpaired) electrons. The van der Waals surface area contributed by atoms with Gasteiger partial charge in [-0.1, -0.05) is 50.6 Å². The number of carbonyl (C=O) groups excluding carboxylic acids is 3. The highest BCUT2D eigenvalue weighted by molar-refractivity contribution is 7.86. The predicted molar refractivity (Wildman–Crippen MR) is 149 cm³/mol. The minimum atomic E-state index is -4.94. The fourth-order valence-electron chi connectivity index (χ4n) is 5.60. The number of rotatable bonds is 13. The first-order valence-electron chi connectivity index (χ1n) is 14.1. The smallest absolute Gasteiger partial charge is 0.408 e. The second-order valence-corrected chi connectivity index (χ2v) is 13.0. The molecule has 1 aromatic rings. The largest absolute Gasteiger partial charge is 0.443 e. The van der Waals surface area contributed by atoms with Gasteiger partial charge in [0.25, 0.3) is 10.1 Å². The molecule has 1 aliphatic carbocycles. The predicted octanol–water partition coefficient (Wildman–Crippen LogP) is 2.68. The van der Waals surface area contributed by atoms with E-state index in [4.69, 9.17) is 4.74 Å². The lowest BCUT2D eigenvalue weighted by Gasteiger charge is -2.37. The Morgan fingerprint density at radius 3 is 2.38 bits per heavy atom. The normalized spacial score (nSPS) is 21.2. The van der Waals surface area contributed by atoms with E-state index >= 15 is 0 Å². The minimum absolute atomic E-state index is 0.0247. The van der Waals surface area contributed by atoms with E-state index in [1.165, 1.54) is 0 Å². The third-order valence-electron chi connectivity index (χ3n) is 7.78. The van der Waals surface area contributed by atoms with Gasteiger partial charge < -0.3 is 25.8 Å². The zero-order chi connectivity index (χ0) is 29.3. The maximum absolute atomic E-state index is 13.3. The summed E-state index contributed by atoms with van der Waals surface area (Å²) in [5.74, 6) is -1.73. The van der Waals surface area contributed by atoms with Crippen LogP contribution in [0.1, 0.15) is 77.2 Å². The van der Waals surface area contributed by atoms with Gasteiger partial charge in [0.2, 0.25) is 17.3 Å². The molecule has 3 rings (SSSR count). The molecule has 1 aliphatic heterocycles. The van der Waals surface area contributed by atoms with Crippen molar-refractivity contribution in [1.29, 1.82) is 0 Å². The Balaban J connectivity index is 1.71. The standard InChI is InChI=1S/C28H43N3O8S/c1-19(2)17-22(25(33)30-23(26(34)40(36,37)38)18-21-12-16-29-24(21)32)31-27(35)39-28(13-7-4-8-14-28)15-11-20-9-5-3-6-10-20/h3,5-6,9-10,19,21-23,26,34H,4,7-8,11-18H2,1-2H3,(H,29,32)(H,30,33)(H,31,35)(H,36,37,38)/t21-,22-,23-,26?/m0/s1. The molecule has 2 fully saturated rings. The van der Waals surface area contributed by atoms with Gasteiger partial charge in [0.15, 0.2) is 0 Å². The Morgan fingerprint density at radius 1 is 1.12 bits per heavy atom. The molecule has 1 saturated carbocycles. The summed E-state index contributed by atoms with van der Waals surface area (Å²) in [6, 6.07) is 7.41. The number of amides is 3. The maximum atomic E-state index is 13.3. The molecule has 0 bridgehead atoms. The number of carbonyl (C=O) groups is 3. The van der Waals surface area contributed by atoms with E-state index in [2.05, 4.69) is 16.0 Å². The number of hydrogen-bond donors (Lipinski definition) is 5. The van der Waals surface area contributed by atoms with E-state index in [1.54, 1.807) is 0 Å². The van der Waals surface area contributed by atoms with Gasteiger partial charge >= 0.3 is 6.09 Å². The second-order valence-electron chi connectivity index (χ2n) is 11.5. The Bertz CT molecular complexity index is 1110. The molecular formula is C28H43N3O8S. The number of alkyl carbamates (subject to hydrolysis) is 1. The Kier molecular flexibility index (Phi) is 11.4. The van der Waals surface area contributed by atoms with Crippen LogP contribution in [0.15, 0.2) is 30.3 Å². The topological polar surface area (TPSA) is 171 Å². The first-order valence-corrected chi connectivity index (χ1v) is 15.6. The number of ether oxygens (including phenoxy) is 1. The van der Waals surface area contributed by atoms with Crippen LogP contribution in [-0.4, -0.2) is 65.7 Å². The number of hydrogen-bond acceptors (Lipinski definition) is 7. The van der Waals surface area contributed by atoms with Gasteiger partial charge in [-0.3, -0.25) is 14.1 Å². The lowest BCUT2D eigenvalue weighted by Crippen LogP contribution is -2.55. The Hall–Kier alpha value is -2.70. The molecule has 1 unspecified atom stereocenters. The lowest BCUT2D eigenvalue weighted by atomic mass is 9.80. The third kappa shape index (κ3) is 9.45. The van der Waals surface area contributed by atoms with Gasteiger partial charge in [-0.25, -0.2) is 4.79 Å². The molecule has 40 heavy (non-hydrogen) atoms. The van der Waals surface area contributed by atoms with Crippen LogP contribution in [0.3, 0.4) is 0 Å². The third-order valence-corrected chi connectivity index (χ3v) is 8.72. The highest BCUT2D eigenvalue weighted by Gasteiger charge is 2.39.